The maximum Gasteiger partial charge on any atom is 0.275 e. The number of para-hydroxylation sites is 1. The summed E-state index contributed by atoms with van der Waals surface area (Å²) in [6, 6.07) is 21.4. The van der Waals surface area contributed by atoms with Crippen LogP contribution in [0.15, 0.2) is 71.8 Å². The molecule has 0 heterocycles. The average Bonchev–Trinajstić information content (AvgIpc) is 2.65. The van der Waals surface area contributed by atoms with E-state index >= 15 is 0 Å². The van der Waals surface area contributed by atoms with Gasteiger partial charge in [-0.05, 0) is 55.3 Å². The molecule has 0 atom stereocenters. The molecule has 3 aromatic carbocycles. The monoisotopic (exact) mass is 346 g/mol. The lowest BCUT2D eigenvalue weighted by molar-refractivity contribution is 0.0949. The van der Waals surface area contributed by atoms with Gasteiger partial charge in [0.2, 0.25) is 0 Å². The summed E-state index contributed by atoms with van der Waals surface area (Å²) < 4.78 is 5.70. The highest BCUT2D eigenvalue weighted by Gasteiger charge is 2.12. The van der Waals surface area contributed by atoms with Gasteiger partial charge in [-0.3, -0.25) is 4.79 Å². The van der Waals surface area contributed by atoms with Gasteiger partial charge in [-0.1, -0.05) is 48.5 Å². The molecule has 0 aromatic heterocycles. The number of nitrogens with zero attached hydrogens (tertiary/aromatic N) is 1. The second-order valence-corrected chi connectivity index (χ2v) is 6.36. The third kappa shape index (κ3) is 4.09. The summed E-state index contributed by atoms with van der Waals surface area (Å²) in [4.78, 5) is 12.5. The van der Waals surface area contributed by atoms with Crippen LogP contribution in [0.1, 0.15) is 36.7 Å². The van der Waals surface area contributed by atoms with Crippen LogP contribution in [0, 0.1) is 0 Å². The third-order valence-electron chi connectivity index (χ3n) is 3.99. The lowest BCUT2D eigenvalue weighted by Crippen LogP contribution is -2.21. The van der Waals surface area contributed by atoms with E-state index in [4.69, 9.17) is 4.74 Å². The minimum Gasteiger partial charge on any atom is -0.490 e. The molecule has 4 heteroatoms. The van der Waals surface area contributed by atoms with E-state index in [1.807, 2.05) is 51.1 Å². The maximum absolute atomic E-state index is 12.5. The molecule has 0 spiro atoms. The molecule has 132 valence electrons. The molecule has 0 saturated heterocycles. The number of carbonyl (C=O) groups excluding carboxylic acids is 1. The van der Waals surface area contributed by atoms with Crippen molar-refractivity contribution < 1.29 is 9.53 Å². The Hall–Kier alpha value is -3.14. The first-order chi connectivity index (χ1) is 12.5. The van der Waals surface area contributed by atoms with E-state index in [9.17, 15) is 4.79 Å². The molecular formula is C22H22N2O2. The summed E-state index contributed by atoms with van der Waals surface area (Å²) in [5, 5.41) is 6.57. The molecule has 0 saturated carbocycles. The highest BCUT2D eigenvalue weighted by molar-refractivity contribution is 6.03. The van der Waals surface area contributed by atoms with Crippen LogP contribution in [0.25, 0.3) is 10.8 Å². The van der Waals surface area contributed by atoms with Crippen molar-refractivity contribution in [3.8, 4) is 5.75 Å². The van der Waals surface area contributed by atoms with Crippen LogP contribution in [-0.2, 0) is 0 Å². The molecule has 0 fully saturated rings. The van der Waals surface area contributed by atoms with Crippen LogP contribution in [0.5, 0.6) is 5.75 Å². The van der Waals surface area contributed by atoms with Crippen molar-refractivity contribution in [1.29, 1.82) is 0 Å². The number of hydrazone groups is 1. The van der Waals surface area contributed by atoms with E-state index in [-0.39, 0.29) is 12.0 Å². The van der Waals surface area contributed by atoms with Gasteiger partial charge in [0.15, 0.2) is 0 Å². The van der Waals surface area contributed by atoms with Crippen molar-refractivity contribution in [1.82, 2.24) is 5.43 Å². The van der Waals surface area contributed by atoms with Gasteiger partial charge in [0.25, 0.3) is 5.91 Å². The number of hydrogen-bond donors (Lipinski definition) is 1. The fourth-order valence-electron chi connectivity index (χ4n) is 2.68. The standard InChI is InChI=1S/C22H22N2O2/c1-15(2)26-21-11-7-6-10-20(21)22(25)24-23-16(3)18-13-12-17-8-4-5-9-19(17)14-18/h4-15H,1-3H3,(H,24,25). The molecule has 0 radical (unpaired) electrons. The summed E-state index contributed by atoms with van der Waals surface area (Å²) in [6.07, 6.45) is -0.00760. The average molecular weight is 346 g/mol. The van der Waals surface area contributed by atoms with E-state index in [0.717, 1.165) is 16.7 Å². The lowest BCUT2D eigenvalue weighted by Gasteiger charge is -2.13. The Bertz CT molecular complexity index is 961. The van der Waals surface area contributed by atoms with E-state index in [0.29, 0.717) is 11.3 Å². The first kappa shape index (κ1) is 17.7. The van der Waals surface area contributed by atoms with Gasteiger partial charge in [0.1, 0.15) is 5.75 Å². The first-order valence-electron chi connectivity index (χ1n) is 8.64. The van der Waals surface area contributed by atoms with E-state index in [1.165, 1.54) is 5.39 Å². The normalized spacial score (nSPS) is 11.6. The molecule has 1 amide bonds. The number of amides is 1. The molecule has 3 aromatic rings. The Morgan fingerprint density at radius 1 is 0.962 bits per heavy atom. The minimum atomic E-state index is -0.290. The lowest BCUT2D eigenvalue weighted by atomic mass is 10.0. The van der Waals surface area contributed by atoms with Gasteiger partial charge in [0, 0.05) is 0 Å². The smallest absolute Gasteiger partial charge is 0.275 e. The largest absolute Gasteiger partial charge is 0.490 e. The van der Waals surface area contributed by atoms with E-state index in [2.05, 4.69) is 34.8 Å². The fraction of sp³-hybridized carbons (Fsp3) is 0.182. The van der Waals surface area contributed by atoms with Crippen LogP contribution in [0.4, 0.5) is 0 Å². The van der Waals surface area contributed by atoms with Gasteiger partial charge in [0.05, 0.1) is 17.4 Å². The molecule has 3 rings (SSSR count). The molecule has 0 bridgehead atoms. The fourth-order valence-corrected chi connectivity index (χ4v) is 2.68. The summed E-state index contributed by atoms with van der Waals surface area (Å²) >= 11 is 0. The van der Waals surface area contributed by atoms with Gasteiger partial charge >= 0.3 is 0 Å². The summed E-state index contributed by atoms with van der Waals surface area (Å²) in [5.41, 5.74) is 4.81. The number of benzene rings is 3. The van der Waals surface area contributed by atoms with Crippen LogP contribution in [0.2, 0.25) is 0 Å². The van der Waals surface area contributed by atoms with Crippen molar-refractivity contribution in [3.05, 3.63) is 77.9 Å². The van der Waals surface area contributed by atoms with Crippen LogP contribution in [0.3, 0.4) is 0 Å². The van der Waals surface area contributed by atoms with Crippen molar-refractivity contribution in [2.45, 2.75) is 26.9 Å². The summed E-state index contributed by atoms with van der Waals surface area (Å²) in [7, 11) is 0. The number of hydrogen-bond acceptors (Lipinski definition) is 3. The van der Waals surface area contributed by atoms with Gasteiger partial charge in [-0.2, -0.15) is 5.10 Å². The number of fused-ring (bicyclic) bond motifs is 1. The van der Waals surface area contributed by atoms with Gasteiger partial charge in [-0.15, -0.1) is 0 Å². The molecule has 4 nitrogen and oxygen atoms in total. The first-order valence-corrected chi connectivity index (χ1v) is 8.64. The zero-order valence-electron chi connectivity index (χ0n) is 15.2. The third-order valence-corrected chi connectivity index (χ3v) is 3.99. The highest BCUT2D eigenvalue weighted by Crippen LogP contribution is 2.19. The highest BCUT2D eigenvalue weighted by atomic mass is 16.5. The van der Waals surface area contributed by atoms with Crippen LogP contribution < -0.4 is 10.2 Å². The van der Waals surface area contributed by atoms with Gasteiger partial charge < -0.3 is 4.74 Å². The zero-order valence-corrected chi connectivity index (χ0v) is 15.2. The molecule has 26 heavy (non-hydrogen) atoms. The Morgan fingerprint density at radius 2 is 1.65 bits per heavy atom. The topological polar surface area (TPSA) is 50.7 Å². The van der Waals surface area contributed by atoms with Crippen LogP contribution in [-0.4, -0.2) is 17.7 Å². The molecule has 0 unspecified atom stereocenters. The Labute approximate surface area is 153 Å². The van der Waals surface area contributed by atoms with Crippen molar-refractivity contribution >= 4 is 22.4 Å². The van der Waals surface area contributed by atoms with Crippen LogP contribution >= 0.6 is 0 Å². The Balaban J connectivity index is 1.79. The van der Waals surface area contributed by atoms with Crippen molar-refractivity contribution in [3.63, 3.8) is 0 Å². The summed E-state index contributed by atoms with van der Waals surface area (Å²) in [5.74, 6) is 0.264. The number of ether oxygens (including phenoxy) is 1. The number of rotatable bonds is 5. The predicted molar refractivity (Wildman–Crippen MR) is 106 cm³/mol. The molecule has 1 N–H and O–H groups in total. The minimum absolute atomic E-state index is 0.00760. The molecule has 0 aliphatic rings. The second-order valence-electron chi connectivity index (χ2n) is 6.36. The maximum atomic E-state index is 12.5. The number of nitrogens with one attached hydrogen (secondary N) is 1. The molecule has 0 aliphatic carbocycles. The van der Waals surface area contributed by atoms with E-state index in [1.54, 1.807) is 12.1 Å². The SMILES string of the molecule is CC(=NNC(=O)c1ccccc1OC(C)C)c1ccc2ccccc2c1. The molecular weight excluding hydrogens is 324 g/mol. The number of carbonyl (C=O) groups is 1. The Kier molecular flexibility index (Phi) is 5.32. The quantitative estimate of drug-likeness (QED) is 0.534. The zero-order chi connectivity index (χ0) is 18.5. The second kappa shape index (κ2) is 7.83. The van der Waals surface area contributed by atoms with E-state index < -0.39 is 0 Å². The summed E-state index contributed by atoms with van der Waals surface area (Å²) in [6.45, 7) is 5.73. The van der Waals surface area contributed by atoms with Crippen molar-refractivity contribution in [2.24, 2.45) is 5.10 Å². The Morgan fingerprint density at radius 3 is 2.42 bits per heavy atom. The predicted octanol–water partition coefficient (Wildman–Crippen LogP) is 4.78. The van der Waals surface area contributed by atoms with Gasteiger partial charge in [-0.25, -0.2) is 5.43 Å². The molecule has 0 aliphatic heterocycles. The van der Waals surface area contributed by atoms with Crippen molar-refractivity contribution in [2.75, 3.05) is 0 Å².